The van der Waals surface area contributed by atoms with Gasteiger partial charge < -0.3 is 9.88 Å². The van der Waals surface area contributed by atoms with Gasteiger partial charge in [-0.05, 0) is 12.8 Å². The first-order valence-corrected chi connectivity index (χ1v) is 5.92. The van der Waals surface area contributed by atoms with Crippen LogP contribution in [0, 0.1) is 5.92 Å². The fourth-order valence-electron chi connectivity index (χ4n) is 1.65. The SMILES string of the molecule is CCc1nc(N(CC)CC(C)C)cc(=O)[nH]1. The predicted molar refractivity (Wildman–Crippen MR) is 67.0 cm³/mol. The average molecular weight is 223 g/mol. The van der Waals surface area contributed by atoms with Gasteiger partial charge in [0.2, 0.25) is 0 Å². The summed E-state index contributed by atoms with van der Waals surface area (Å²) in [7, 11) is 0. The second-order valence-electron chi connectivity index (χ2n) is 4.34. The van der Waals surface area contributed by atoms with Crippen LogP contribution >= 0.6 is 0 Å². The quantitative estimate of drug-likeness (QED) is 0.828. The summed E-state index contributed by atoms with van der Waals surface area (Å²) in [5.74, 6) is 2.10. The molecule has 90 valence electrons. The maximum Gasteiger partial charge on any atom is 0.252 e. The van der Waals surface area contributed by atoms with Crippen molar-refractivity contribution in [3.63, 3.8) is 0 Å². The molecule has 1 aromatic heterocycles. The fraction of sp³-hybridized carbons (Fsp3) is 0.667. The molecule has 0 saturated heterocycles. The lowest BCUT2D eigenvalue weighted by atomic mass is 10.2. The lowest BCUT2D eigenvalue weighted by Gasteiger charge is -2.23. The molecular formula is C12H21N3O. The second-order valence-corrected chi connectivity index (χ2v) is 4.34. The minimum absolute atomic E-state index is 0.0657. The van der Waals surface area contributed by atoms with Crippen molar-refractivity contribution in [2.75, 3.05) is 18.0 Å². The van der Waals surface area contributed by atoms with Gasteiger partial charge in [-0.1, -0.05) is 20.8 Å². The Morgan fingerprint density at radius 2 is 2.12 bits per heavy atom. The molecule has 16 heavy (non-hydrogen) atoms. The molecule has 0 aliphatic carbocycles. The molecule has 1 aromatic rings. The molecule has 0 aliphatic rings. The highest BCUT2D eigenvalue weighted by Crippen LogP contribution is 2.10. The summed E-state index contributed by atoms with van der Waals surface area (Å²) < 4.78 is 0. The number of hydrogen-bond acceptors (Lipinski definition) is 3. The van der Waals surface area contributed by atoms with E-state index >= 15 is 0 Å². The summed E-state index contributed by atoms with van der Waals surface area (Å²) >= 11 is 0. The van der Waals surface area contributed by atoms with E-state index in [1.54, 1.807) is 6.07 Å². The molecule has 0 radical (unpaired) electrons. The zero-order chi connectivity index (χ0) is 12.1. The minimum atomic E-state index is -0.0657. The third kappa shape index (κ3) is 3.36. The molecule has 4 nitrogen and oxygen atoms in total. The minimum Gasteiger partial charge on any atom is -0.356 e. The van der Waals surface area contributed by atoms with E-state index in [0.29, 0.717) is 5.92 Å². The van der Waals surface area contributed by atoms with E-state index in [9.17, 15) is 4.79 Å². The van der Waals surface area contributed by atoms with Crippen molar-refractivity contribution in [2.45, 2.75) is 34.1 Å². The van der Waals surface area contributed by atoms with Gasteiger partial charge in [0, 0.05) is 25.6 Å². The molecule has 0 fully saturated rings. The Bertz CT molecular complexity index is 384. The van der Waals surface area contributed by atoms with Crippen LogP contribution in [-0.2, 0) is 6.42 Å². The Morgan fingerprint density at radius 1 is 1.44 bits per heavy atom. The number of rotatable bonds is 5. The summed E-state index contributed by atoms with van der Waals surface area (Å²) in [5.41, 5.74) is -0.0657. The molecule has 0 amide bonds. The molecule has 1 heterocycles. The molecule has 4 heteroatoms. The van der Waals surface area contributed by atoms with Gasteiger partial charge in [0.25, 0.3) is 5.56 Å². The monoisotopic (exact) mass is 223 g/mol. The molecule has 0 aromatic carbocycles. The van der Waals surface area contributed by atoms with E-state index in [1.165, 1.54) is 0 Å². The first-order valence-electron chi connectivity index (χ1n) is 5.92. The van der Waals surface area contributed by atoms with Crippen LogP contribution in [0.5, 0.6) is 0 Å². The van der Waals surface area contributed by atoms with Crippen LogP contribution in [0.4, 0.5) is 5.82 Å². The van der Waals surface area contributed by atoms with Gasteiger partial charge in [0.1, 0.15) is 11.6 Å². The van der Waals surface area contributed by atoms with E-state index in [4.69, 9.17) is 0 Å². The van der Waals surface area contributed by atoms with Crippen molar-refractivity contribution >= 4 is 5.82 Å². The number of anilines is 1. The summed E-state index contributed by atoms with van der Waals surface area (Å²) in [6.45, 7) is 10.2. The molecule has 0 bridgehead atoms. The van der Waals surface area contributed by atoms with Crippen LogP contribution in [0.3, 0.4) is 0 Å². The maximum absolute atomic E-state index is 11.5. The number of H-pyrrole nitrogens is 1. The van der Waals surface area contributed by atoms with Crippen molar-refractivity contribution in [3.05, 3.63) is 22.2 Å². The molecule has 0 unspecified atom stereocenters. The Labute approximate surface area is 96.7 Å². The number of aromatic amines is 1. The standard InChI is InChI=1S/C12H21N3O/c1-5-10-13-11(7-12(16)14-10)15(6-2)8-9(3)4/h7,9H,5-6,8H2,1-4H3,(H,13,14,16). The van der Waals surface area contributed by atoms with Gasteiger partial charge in [-0.15, -0.1) is 0 Å². The van der Waals surface area contributed by atoms with E-state index in [0.717, 1.165) is 31.2 Å². The number of aryl methyl sites for hydroxylation is 1. The third-order valence-corrected chi connectivity index (χ3v) is 2.40. The van der Waals surface area contributed by atoms with E-state index < -0.39 is 0 Å². The number of hydrogen-bond donors (Lipinski definition) is 1. The smallest absolute Gasteiger partial charge is 0.252 e. The van der Waals surface area contributed by atoms with Gasteiger partial charge in [0.05, 0.1) is 0 Å². The third-order valence-electron chi connectivity index (χ3n) is 2.40. The Balaban J connectivity index is 2.99. The van der Waals surface area contributed by atoms with Crippen molar-refractivity contribution in [1.82, 2.24) is 9.97 Å². The maximum atomic E-state index is 11.5. The lowest BCUT2D eigenvalue weighted by Crippen LogP contribution is -2.29. The molecule has 0 aliphatic heterocycles. The Hall–Kier alpha value is -1.32. The highest BCUT2D eigenvalue weighted by atomic mass is 16.1. The molecule has 0 spiro atoms. The highest BCUT2D eigenvalue weighted by molar-refractivity contribution is 5.37. The largest absolute Gasteiger partial charge is 0.356 e. The lowest BCUT2D eigenvalue weighted by molar-refractivity contribution is 0.612. The van der Waals surface area contributed by atoms with Crippen LogP contribution in [0.15, 0.2) is 10.9 Å². The van der Waals surface area contributed by atoms with Crippen molar-refractivity contribution in [2.24, 2.45) is 5.92 Å². The van der Waals surface area contributed by atoms with Gasteiger partial charge in [0.15, 0.2) is 0 Å². The summed E-state index contributed by atoms with van der Waals surface area (Å²) in [4.78, 5) is 20.8. The summed E-state index contributed by atoms with van der Waals surface area (Å²) in [6.07, 6.45) is 0.752. The number of nitrogens with zero attached hydrogens (tertiary/aromatic N) is 2. The summed E-state index contributed by atoms with van der Waals surface area (Å²) in [6, 6.07) is 1.57. The molecule has 0 saturated carbocycles. The van der Waals surface area contributed by atoms with Gasteiger partial charge in [-0.3, -0.25) is 4.79 Å². The topological polar surface area (TPSA) is 49.0 Å². The first kappa shape index (κ1) is 12.7. The van der Waals surface area contributed by atoms with E-state index in [2.05, 4.69) is 35.6 Å². The first-order chi connectivity index (χ1) is 7.56. The van der Waals surface area contributed by atoms with Crippen molar-refractivity contribution in [1.29, 1.82) is 0 Å². The molecule has 0 atom stereocenters. The van der Waals surface area contributed by atoms with Crippen molar-refractivity contribution < 1.29 is 0 Å². The molecule has 1 rings (SSSR count). The average Bonchev–Trinajstić information content (AvgIpc) is 2.24. The van der Waals surface area contributed by atoms with Gasteiger partial charge in [-0.2, -0.15) is 0 Å². The van der Waals surface area contributed by atoms with E-state index in [1.807, 2.05) is 6.92 Å². The van der Waals surface area contributed by atoms with Crippen LogP contribution < -0.4 is 10.5 Å². The van der Waals surface area contributed by atoms with Crippen molar-refractivity contribution in [3.8, 4) is 0 Å². The Morgan fingerprint density at radius 3 is 2.62 bits per heavy atom. The summed E-state index contributed by atoms with van der Waals surface area (Å²) in [5, 5.41) is 0. The Kier molecular flexibility index (Phi) is 4.52. The molecular weight excluding hydrogens is 202 g/mol. The second kappa shape index (κ2) is 5.68. The normalized spacial score (nSPS) is 10.8. The van der Waals surface area contributed by atoms with Crippen LogP contribution in [0.2, 0.25) is 0 Å². The van der Waals surface area contributed by atoms with Crippen LogP contribution in [0.25, 0.3) is 0 Å². The predicted octanol–water partition coefficient (Wildman–Crippen LogP) is 1.81. The number of nitrogens with one attached hydrogen (secondary N) is 1. The highest BCUT2D eigenvalue weighted by Gasteiger charge is 2.09. The van der Waals surface area contributed by atoms with E-state index in [-0.39, 0.29) is 5.56 Å². The van der Waals surface area contributed by atoms with Crippen LogP contribution in [0.1, 0.15) is 33.5 Å². The zero-order valence-corrected chi connectivity index (χ0v) is 10.6. The number of aromatic nitrogens is 2. The van der Waals surface area contributed by atoms with Crippen LogP contribution in [-0.4, -0.2) is 23.1 Å². The van der Waals surface area contributed by atoms with Gasteiger partial charge in [-0.25, -0.2) is 4.98 Å². The fourth-order valence-corrected chi connectivity index (χ4v) is 1.65. The molecule has 1 N–H and O–H groups in total. The zero-order valence-electron chi connectivity index (χ0n) is 10.6. The van der Waals surface area contributed by atoms with Gasteiger partial charge >= 0.3 is 0 Å².